The zero-order valence-corrected chi connectivity index (χ0v) is 42.5. The number of aliphatic hydroxyl groups is 2. The second-order valence-corrected chi connectivity index (χ2v) is 18.9. The van der Waals surface area contributed by atoms with Gasteiger partial charge in [-0.2, -0.15) is 0 Å². The van der Waals surface area contributed by atoms with Gasteiger partial charge in [0.25, 0.3) is 0 Å². The van der Waals surface area contributed by atoms with E-state index in [1.807, 2.05) is 6.08 Å². The molecule has 64 heavy (non-hydrogen) atoms. The molecule has 0 rings (SSSR count). The van der Waals surface area contributed by atoms with Crippen LogP contribution < -0.4 is 5.32 Å². The Bertz CT molecular complexity index is 1080. The van der Waals surface area contributed by atoms with Crippen molar-refractivity contribution < 1.29 is 24.5 Å². The summed E-state index contributed by atoms with van der Waals surface area (Å²) in [5.74, 6) is -0.0827. The first-order valence-electron chi connectivity index (χ1n) is 27.9. The Labute approximate surface area is 397 Å². The van der Waals surface area contributed by atoms with E-state index in [2.05, 4.69) is 55.6 Å². The van der Waals surface area contributed by atoms with Crippen molar-refractivity contribution in [2.75, 3.05) is 13.2 Å². The maximum Gasteiger partial charge on any atom is 0.305 e. The lowest BCUT2D eigenvalue weighted by molar-refractivity contribution is -0.143. The molecule has 0 aliphatic heterocycles. The van der Waals surface area contributed by atoms with Gasteiger partial charge in [-0.1, -0.05) is 229 Å². The molecule has 0 radical (unpaired) electrons. The summed E-state index contributed by atoms with van der Waals surface area (Å²) in [6.45, 7) is 4.84. The number of rotatable bonds is 51. The largest absolute Gasteiger partial charge is 0.466 e. The fourth-order valence-corrected chi connectivity index (χ4v) is 8.25. The Hall–Kier alpha value is -2.18. The number of carbonyl (C=O) groups is 2. The van der Waals surface area contributed by atoms with Gasteiger partial charge in [0.2, 0.25) is 5.91 Å². The fraction of sp³-hybridized carbons (Fsp3) is 0.828. The summed E-state index contributed by atoms with van der Waals surface area (Å²) in [4.78, 5) is 24.4. The fourth-order valence-electron chi connectivity index (χ4n) is 8.25. The molecule has 0 aromatic heterocycles. The van der Waals surface area contributed by atoms with Crippen molar-refractivity contribution in [3.63, 3.8) is 0 Å². The number of aliphatic hydroxyl groups excluding tert-OH is 2. The second kappa shape index (κ2) is 53.4. The van der Waals surface area contributed by atoms with Crippen LogP contribution in [0.4, 0.5) is 0 Å². The summed E-state index contributed by atoms with van der Waals surface area (Å²) >= 11 is 0. The van der Waals surface area contributed by atoms with E-state index in [1.54, 1.807) is 6.08 Å². The number of hydrogen-bond donors (Lipinski definition) is 3. The molecule has 0 aliphatic rings. The lowest BCUT2D eigenvalue weighted by Gasteiger charge is -2.20. The maximum atomic E-state index is 12.4. The average molecular weight is 898 g/mol. The molecule has 0 fully saturated rings. The van der Waals surface area contributed by atoms with Gasteiger partial charge in [-0.15, -0.1) is 0 Å². The van der Waals surface area contributed by atoms with Crippen molar-refractivity contribution in [2.24, 2.45) is 0 Å². The molecule has 0 aromatic carbocycles. The summed E-state index contributed by atoms with van der Waals surface area (Å²) in [7, 11) is 0. The smallest absolute Gasteiger partial charge is 0.305 e. The van der Waals surface area contributed by atoms with Crippen LogP contribution in [0.25, 0.3) is 0 Å². The van der Waals surface area contributed by atoms with Crippen LogP contribution in [-0.4, -0.2) is 47.4 Å². The van der Waals surface area contributed by atoms with Crippen LogP contribution in [0.1, 0.15) is 284 Å². The minimum atomic E-state index is -0.849. The molecule has 0 spiro atoms. The topological polar surface area (TPSA) is 95.9 Å². The van der Waals surface area contributed by atoms with Gasteiger partial charge in [-0.3, -0.25) is 9.59 Å². The zero-order valence-electron chi connectivity index (χ0n) is 42.5. The summed E-state index contributed by atoms with van der Waals surface area (Å²) in [6, 6.07) is -0.633. The molecule has 0 aliphatic carbocycles. The molecular formula is C58H107NO5. The van der Waals surface area contributed by atoms with E-state index < -0.39 is 12.1 Å². The van der Waals surface area contributed by atoms with Crippen LogP contribution in [0.5, 0.6) is 0 Å². The third-order valence-corrected chi connectivity index (χ3v) is 12.6. The van der Waals surface area contributed by atoms with E-state index in [9.17, 15) is 19.8 Å². The maximum absolute atomic E-state index is 12.4. The van der Waals surface area contributed by atoms with Crippen molar-refractivity contribution in [3.8, 4) is 0 Å². The van der Waals surface area contributed by atoms with Crippen LogP contribution in [0.3, 0.4) is 0 Å². The van der Waals surface area contributed by atoms with E-state index in [-0.39, 0.29) is 18.5 Å². The van der Waals surface area contributed by atoms with E-state index in [1.165, 1.54) is 199 Å². The minimum Gasteiger partial charge on any atom is -0.466 e. The Balaban J connectivity index is 3.43. The number of esters is 1. The third-order valence-electron chi connectivity index (χ3n) is 12.6. The highest BCUT2D eigenvalue weighted by Crippen LogP contribution is 2.15. The lowest BCUT2D eigenvalue weighted by atomic mass is 10.1. The van der Waals surface area contributed by atoms with Crippen molar-refractivity contribution >= 4 is 11.9 Å². The molecule has 0 aromatic rings. The Morgan fingerprint density at radius 3 is 1.23 bits per heavy atom. The number of unbranched alkanes of at least 4 members (excludes halogenated alkanes) is 34. The normalized spacial score (nSPS) is 13.0. The molecule has 0 saturated heterocycles. The van der Waals surface area contributed by atoms with Gasteiger partial charge in [0, 0.05) is 12.8 Å². The molecule has 0 bridgehead atoms. The summed E-state index contributed by atoms with van der Waals surface area (Å²) in [6.07, 6.45) is 67.0. The van der Waals surface area contributed by atoms with Crippen molar-refractivity contribution in [3.05, 3.63) is 48.6 Å². The number of hydrogen-bond acceptors (Lipinski definition) is 5. The Morgan fingerprint density at radius 2 is 0.781 bits per heavy atom. The highest BCUT2D eigenvalue weighted by atomic mass is 16.5. The SMILES string of the molecule is CCCCC/C=C\C/C=C\CCCCCCCCCC(=O)OCCCCCCCCCCC/C=C\CCCCCCCCCC(=O)NC(CO)C(O)/C=C/CCCCCCCCCC. The van der Waals surface area contributed by atoms with Crippen LogP contribution in [0, 0.1) is 0 Å². The number of ether oxygens (including phenoxy) is 1. The van der Waals surface area contributed by atoms with E-state index in [0.29, 0.717) is 19.4 Å². The summed E-state index contributed by atoms with van der Waals surface area (Å²) in [5, 5.41) is 22.9. The van der Waals surface area contributed by atoms with E-state index in [0.717, 1.165) is 57.8 Å². The van der Waals surface area contributed by atoms with Gasteiger partial charge in [0.1, 0.15) is 0 Å². The van der Waals surface area contributed by atoms with Gasteiger partial charge in [-0.05, 0) is 89.9 Å². The molecule has 6 nitrogen and oxygen atoms in total. The summed E-state index contributed by atoms with van der Waals surface area (Å²) < 4.78 is 5.48. The highest BCUT2D eigenvalue weighted by Gasteiger charge is 2.18. The minimum absolute atomic E-state index is 0.00308. The predicted octanol–water partition coefficient (Wildman–Crippen LogP) is 17.0. The molecule has 6 heteroatoms. The van der Waals surface area contributed by atoms with E-state index >= 15 is 0 Å². The van der Waals surface area contributed by atoms with Gasteiger partial charge in [-0.25, -0.2) is 0 Å². The van der Waals surface area contributed by atoms with Crippen LogP contribution in [0.15, 0.2) is 48.6 Å². The number of allylic oxidation sites excluding steroid dienone is 7. The van der Waals surface area contributed by atoms with Crippen molar-refractivity contribution in [1.29, 1.82) is 0 Å². The summed E-state index contributed by atoms with van der Waals surface area (Å²) in [5.41, 5.74) is 0. The monoisotopic (exact) mass is 898 g/mol. The third kappa shape index (κ3) is 49.3. The van der Waals surface area contributed by atoms with Crippen LogP contribution in [0.2, 0.25) is 0 Å². The number of carbonyl (C=O) groups excluding carboxylic acids is 2. The van der Waals surface area contributed by atoms with Crippen molar-refractivity contribution in [2.45, 2.75) is 296 Å². The van der Waals surface area contributed by atoms with Gasteiger partial charge in [0.15, 0.2) is 0 Å². The molecule has 3 N–H and O–H groups in total. The molecular weight excluding hydrogens is 791 g/mol. The predicted molar refractivity (Wildman–Crippen MR) is 278 cm³/mol. The number of nitrogens with one attached hydrogen (secondary N) is 1. The first-order valence-corrected chi connectivity index (χ1v) is 27.9. The molecule has 1 amide bonds. The molecule has 2 unspecified atom stereocenters. The second-order valence-electron chi connectivity index (χ2n) is 18.9. The Kier molecular flexibility index (Phi) is 51.6. The van der Waals surface area contributed by atoms with Gasteiger partial charge < -0.3 is 20.3 Å². The van der Waals surface area contributed by atoms with Crippen molar-refractivity contribution in [1.82, 2.24) is 5.32 Å². The lowest BCUT2D eigenvalue weighted by Crippen LogP contribution is -2.45. The molecule has 2 atom stereocenters. The van der Waals surface area contributed by atoms with E-state index in [4.69, 9.17) is 4.74 Å². The quantitative estimate of drug-likeness (QED) is 0.0321. The first-order chi connectivity index (χ1) is 31.5. The molecule has 0 heterocycles. The number of amides is 1. The van der Waals surface area contributed by atoms with Crippen LogP contribution in [-0.2, 0) is 14.3 Å². The van der Waals surface area contributed by atoms with Crippen LogP contribution >= 0.6 is 0 Å². The van der Waals surface area contributed by atoms with Gasteiger partial charge >= 0.3 is 5.97 Å². The zero-order chi connectivity index (χ0) is 46.5. The highest BCUT2D eigenvalue weighted by molar-refractivity contribution is 5.76. The molecule has 374 valence electrons. The first kappa shape index (κ1) is 61.8. The average Bonchev–Trinajstić information content (AvgIpc) is 3.29. The Morgan fingerprint density at radius 1 is 0.438 bits per heavy atom. The molecule has 0 saturated carbocycles. The standard InChI is InChI=1S/C58H107NO5/c1-3-5-7-9-11-13-15-16-17-22-26-29-32-36-40-44-48-52-58(63)64-53-49-45-41-37-33-30-27-24-21-19-18-20-23-25-28-31-35-39-43-47-51-57(62)59-55(54-60)56(61)50-46-42-38-34-14-12-10-8-6-4-2/h11,13,16-18,20,46,50,55-56,60-61H,3-10,12,14-15,19,21-45,47-49,51-54H2,1-2H3,(H,59,62)/b13-11-,17-16-,20-18-,50-46+. The van der Waals surface area contributed by atoms with Gasteiger partial charge in [0.05, 0.1) is 25.4 Å².